The van der Waals surface area contributed by atoms with Gasteiger partial charge in [0.15, 0.2) is 5.96 Å². The van der Waals surface area contributed by atoms with Gasteiger partial charge in [0.2, 0.25) is 5.91 Å². The third-order valence-electron chi connectivity index (χ3n) is 3.74. The summed E-state index contributed by atoms with van der Waals surface area (Å²) in [6, 6.07) is 10.1. The van der Waals surface area contributed by atoms with E-state index in [4.69, 9.17) is 0 Å². The second-order valence-corrected chi connectivity index (χ2v) is 6.70. The lowest BCUT2D eigenvalue weighted by atomic mass is 10.2. The number of thioether (sulfide) groups is 1. The van der Waals surface area contributed by atoms with E-state index in [1.165, 1.54) is 12.2 Å². The number of carbonyl (C=O) groups is 1. The first-order valence-electron chi connectivity index (χ1n) is 9.04. The molecule has 1 aromatic rings. The van der Waals surface area contributed by atoms with Crippen LogP contribution in [0, 0.1) is 0 Å². The molecule has 0 aliphatic heterocycles. The van der Waals surface area contributed by atoms with Crippen LogP contribution < -0.4 is 10.6 Å². The summed E-state index contributed by atoms with van der Waals surface area (Å²) in [6.07, 6.45) is 4.42. The van der Waals surface area contributed by atoms with Crippen molar-refractivity contribution < 1.29 is 4.79 Å². The summed E-state index contributed by atoms with van der Waals surface area (Å²) >= 11 is 1.87. The van der Waals surface area contributed by atoms with Crippen LogP contribution in [-0.2, 0) is 11.3 Å². The van der Waals surface area contributed by atoms with Crippen LogP contribution in [0.15, 0.2) is 35.3 Å². The molecule has 1 rings (SSSR count). The van der Waals surface area contributed by atoms with Crippen molar-refractivity contribution in [3.8, 4) is 0 Å². The van der Waals surface area contributed by atoms with E-state index in [9.17, 15) is 4.79 Å². The van der Waals surface area contributed by atoms with E-state index >= 15 is 0 Å². The molecule has 0 saturated carbocycles. The summed E-state index contributed by atoms with van der Waals surface area (Å²) in [4.78, 5) is 18.7. The van der Waals surface area contributed by atoms with E-state index in [1.807, 2.05) is 60.8 Å². The summed E-state index contributed by atoms with van der Waals surface area (Å²) in [6.45, 7) is 7.17. The SMILES string of the molecule is CCNC(=NCC(=O)N(CC)Cc1ccccc1)NCCCCSC.I. The molecule has 1 amide bonds. The number of rotatable bonds is 11. The lowest BCUT2D eigenvalue weighted by Crippen LogP contribution is -2.39. The van der Waals surface area contributed by atoms with Crippen molar-refractivity contribution in [3.63, 3.8) is 0 Å². The molecule has 0 saturated heterocycles. The Morgan fingerprint density at radius 1 is 1.15 bits per heavy atom. The molecule has 26 heavy (non-hydrogen) atoms. The highest BCUT2D eigenvalue weighted by Gasteiger charge is 2.11. The molecule has 0 spiro atoms. The predicted octanol–water partition coefficient (Wildman–Crippen LogP) is 3.35. The minimum atomic E-state index is 0. The number of aliphatic imine (C=N–C) groups is 1. The summed E-state index contributed by atoms with van der Waals surface area (Å²) in [5, 5.41) is 6.50. The standard InChI is InChI=1S/C19H32N4OS.HI/c1-4-20-19(21-13-9-10-14-25-3)22-15-18(24)23(5-2)16-17-11-7-6-8-12-17;/h6-8,11-12H,4-5,9-10,13-16H2,1-3H3,(H2,20,21,22);1H. The molecule has 148 valence electrons. The molecule has 0 bridgehead atoms. The van der Waals surface area contributed by atoms with E-state index < -0.39 is 0 Å². The molecular weight excluding hydrogens is 459 g/mol. The lowest BCUT2D eigenvalue weighted by molar-refractivity contribution is -0.130. The molecule has 2 N–H and O–H groups in total. The number of hydrogen-bond acceptors (Lipinski definition) is 3. The third-order valence-corrected chi connectivity index (χ3v) is 4.43. The number of nitrogens with zero attached hydrogens (tertiary/aromatic N) is 2. The van der Waals surface area contributed by atoms with Crippen LogP contribution in [0.4, 0.5) is 0 Å². The Balaban J connectivity index is 0.00000625. The molecule has 5 nitrogen and oxygen atoms in total. The molecule has 0 aliphatic carbocycles. The number of guanidine groups is 1. The van der Waals surface area contributed by atoms with Crippen molar-refractivity contribution >= 4 is 47.6 Å². The quantitative estimate of drug-likeness (QED) is 0.215. The van der Waals surface area contributed by atoms with Gasteiger partial charge < -0.3 is 15.5 Å². The third kappa shape index (κ3) is 10.9. The Labute approximate surface area is 179 Å². The molecule has 0 radical (unpaired) electrons. The zero-order valence-electron chi connectivity index (χ0n) is 16.2. The Morgan fingerprint density at radius 3 is 2.50 bits per heavy atom. The van der Waals surface area contributed by atoms with E-state index in [0.29, 0.717) is 13.1 Å². The van der Waals surface area contributed by atoms with Gasteiger partial charge >= 0.3 is 0 Å². The molecule has 7 heteroatoms. The molecule has 0 heterocycles. The summed E-state index contributed by atoms with van der Waals surface area (Å²) < 4.78 is 0. The van der Waals surface area contributed by atoms with Crippen molar-refractivity contribution in [2.75, 3.05) is 38.2 Å². The summed E-state index contributed by atoms with van der Waals surface area (Å²) in [5.41, 5.74) is 1.14. The largest absolute Gasteiger partial charge is 0.357 e. The van der Waals surface area contributed by atoms with Crippen LogP contribution in [0.5, 0.6) is 0 Å². The first-order chi connectivity index (χ1) is 12.2. The van der Waals surface area contributed by atoms with E-state index in [2.05, 4.69) is 21.9 Å². The molecule has 0 fully saturated rings. The number of amides is 1. The van der Waals surface area contributed by atoms with E-state index in [0.717, 1.165) is 31.0 Å². The van der Waals surface area contributed by atoms with Crippen molar-refractivity contribution in [2.45, 2.75) is 33.2 Å². The molecule has 0 atom stereocenters. The van der Waals surface area contributed by atoms with E-state index in [-0.39, 0.29) is 36.4 Å². The normalized spacial score (nSPS) is 10.8. The van der Waals surface area contributed by atoms with Crippen LogP contribution in [0.3, 0.4) is 0 Å². The minimum absolute atomic E-state index is 0. The zero-order valence-corrected chi connectivity index (χ0v) is 19.3. The molecule has 1 aromatic carbocycles. The average Bonchev–Trinajstić information content (AvgIpc) is 2.64. The first-order valence-corrected chi connectivity index (χ1v) is 10.4. The topological polar surface area (TPSA) is 56.7 Å². The van der Waals surface area contributed by atoms with Gasteiger partial charge in [-0.3, -0.25) is 4.79 Å². The van der Waals surface area contributed by atoms with Crippen molar-refractivity contribution in [3.05, 3.63) is 35.9 Å². The number of likely N-dealkylation sites (N-methyl/N-ethyl adjacent to an activating group) is 1. The lowest BCUT2D eigenvalue weighted by Gasteiger charge is -2.20. The molecule has 0 aliphatic rings. The van der Waals surface area contributed by atoms with E-state index in [1.54, 1.807) is 0 Å². The first kappa shape index (κ1) is 25.0. The van der Waals surface area contributed by atoms with Crippen LogP contribution in [0.2, 0.25) is 0 Å². The number of hydrogen-bond donors (Lipinski definition) is 2. The maximum absolute atomic E-state index is 12.5. The van der Waals surface area contributed by atoms with Crippen LogP contribution in [0.1, 0.15) is 32.3 Å². The maximum atomic E-state index is 12.5. The Hall–Kier alpha value is -0.960. The highest BCUT2D eigenvalue weighted by molar-refractivity contribution is 14.0. The van der Waals surface area contributed by atoms with Crippen LogP contribution in [0.25, 0.3) is 0 Å². The number of benzene rings is 1. The van der Waals surface area contributed by atoms with Gasteiger partial charge in [-0.15, -0.1) is 24.0 Å². The molecule has 0 unspecified atom stereocenters. The maximum Gasteiger partial charge on any atom is 0.244 e. The fourth-order valence-corrected chi connectivity index (χ4v) is 2.84. The van der Waals surface area contributed by atoms with Crippen molar-refractivity contribution in [1.82, 2.24) is 15.5 Å². The monoisotopic (exact) mass is 492 g/mol. The molecule has 0 aromatic heterocycles. The van der Waals surface area contributed by atoms with Gasteiger partial charge in [-0.1, -0.05) is 30.3 Å². The fraction of sp³-hybridized carbons (Fsp3) is 0.579. The smallest absolute Gasteiger partial charge is 0.244 e. The summed E-state index contributed by atoms with van der Waals surface area (Å²) in [7, 11) is 0. The van der Waals surface area contributed by atoms with Gasteiger partial charge in [0.25, 0.3) is 0 Å². The van der Waals surface area contributed by atoms with Crippen LogP contribution >= 0.6 is 35.7 Å². The predicted molar refractivity (Wildman–Crippen MR) is 125 cm³/mol. The van der Waals surface area contributed by atoms with Crippen molar-refractivity contribution in [1.29, 1.82) is 0 Å². The number of carbonyl (C=O) groups excluding carboxylic acids is 1. The zero-order chi connectivity index (χ0) is 18.3. The van der Waals surface area contributed by atoms with Gasteiger partial charge in [-0.05, 0) is 44.3 Å². The highest BCUT2D eigenvalue weighted by atomic mass is 127. The van der Waals surface area contributed by atoms with Crippen molar-refractivity contribution in [2.24, 2.45) is 4.99 Å². The molecular formula is C19H33IN4OS. The van der Waals surface area contributed by atoms with Gasteiger partial charge in [0.05, 0.1) is 0 Å². The number of unbranched alkanes of at least 4 members (excludes halogenated alkanes) is 1. The van der Waals surface area contributed by atoms with Gasteiger partial charge in [0.1, 0.15) is 6.54 Å². The van der Waals surface area contributed by atoms with Gasteiger partial charge in [-0.2, -0.15) is 11.8 Å². The number of nitrogens with one attached hydrogen (secondary N) is 2. The Bertz CT molecular complexity index is 514. The average molecular weight is 492 g/mol. The minimum Gasteiger partial charge on any atom is -0.357 e. The number of halogens is 1. The van der Waals surface area contributed by atoms with Crippen LogP contribution in [-0.4, -0.2) is 55.0 Å². The van der Waals surface area contributed by atoms with Gasteiger partial charge in [0, 0.05) is 26.2 Å². The second kappa shape index (κ2) is 16.2. The van der Waals surface area contributed by atoms with Gasteiger partial charge in [-0.25, -0.2) is 4.99 Å². The Kier molecular flexibility index (Phi) is 15.6. The Morgan fingerprint density at radius 2 is 1.88 bits per heavy atom. The highest BCUT2D eigenvalue weighted by Crippen LogP contribution is 2.04. The summed E-state index contributed by atoms with van der Waals surface area (Å²) in [5.74, 6) is 1.94. The fourth-order valence-electron chi connectivity index (χ4n) is 2.35. The second-order valence-electron chi connectivity index (χ2n) is 5.72.